The number of amides is 2. The van der Waals surface area contributed by atoms with Crippen LogP contribution in [0.1, 0.15) is 41.9 Å². The van der Waals surface area contributed by atoms with E-state index in [1.165, 1.54) is 11.3 Å². The molecule has 1 aromatic carbocycles. The van der Waals surface area contributed by atoms with Crippen LogP contribution in [0.3, 0.4) is 0 Å². The van der Waals surface area contributed by atoms with Gasteiger partial charge < -0.3 is 14.5 Å². The van der Waals surface area contributed by atoms with Gasteiger partial charge in [-0.15, -0.1) is 0 Å². The number of fused-ring (bicyclic) bond motifs is 3. The van der Waals surface area contributed by atoms with Gasteiger partial charge in [-0.05, 0) is 55.9 Å². The molecule has 1 atom stereocenters. The number of hydrogen-bond acceptors (Lipinski definition) is 5. The summed E-state index contributed by atoms with van der Waals surface area (Å²) < 4.78 is 9.58. The molecule has 2 amide bonds. The summed E-state index contributed by atoms with van der Waals surface area (Å²) in [5.74, 6) is -0.723. The smallest absolute Gasteiger partial charge is 0.413 e. The van der Waals surface area contributed by atoms with Gasteiger partial charge in [0.25, 0.3) is 5.91 Å². The van der Waals surface area contributed by atoms with Crippen molar-refractivity contribution in [1.82, 2.24) is 10.3 Å². The van der Waals surface area contributed by atoms with Crippen LogP contribution < -0.4 is 5.32 Å². The zero-order chi connectivity index (χ0) is 18.7. The SMILES string of the molecule is CCOC(=O)NC(=O)COC(=O)c1ccc2[nH]c3c(c2c1)C[C@H](C)CC3. The third-order valence-corrected chi connectivity index (χ3v) is 4.52. The Balaban J connectivity index is 1.68. The van der Waals surface area contributed by atoms with E-state index < -0.39 is 24.6 Å². The number of nitrogens with one attached hydrogen (secondary N) is 2. The maximum atomic E-state index is 12.2. The molecule has 3 rings (SSSR count). The predicted octanol–water partition coefficient (Wildman–Crippen LogP) is 2.72. The lowest BCUT2D eigenvalue weighted by molar-refractivity contribution is -0.123. The highest BCUT2D eigenvalue weighted by molar-refractivity contribution is 5.98. The van der Waals surface area contributed by atoms with E-state index in [4.69, 9.17) is 4.74 Å². The number of alkyl carbamates (subject to hydrolysis) is 1. The first-order valence-electron chi connectivity index (χ1n) is 8.75. The van der Waals surface area contributed by atoms with Gasteiger partial charge in [0.1, 0.15) is 0 Å². The van der Waals surface area contributed by atoms with E-state index in [2.05, 4.69) is 16.6 Å². The highest BCUT2D eigenvalue weighted by Crippen LogP contribution is 2.32. The van der Waals surface area contributed by atoms with Crippen LogP contribution in [0.5, 0.6) is 0 Å². The van der Waals surface area contributed by atoms with Gasteiger partial charge in [0.2, 0.25) is 0 Å². The molecule has 0 spiro atoms. The number of H-pyrrole nitrogens is 1. The molecule has 0 fully saturated rings. The average Bonchev–Trinajstić information content (AvgIpc) is 2.97. The molecule has 7 nitrogen and oxygen atoms in total. The molecule has 0 radical (unpaired) electrons. The summed E-state index contributed by atoms with van der Waals surface area (Å²) in [6, 6.07) is 5.32. The van der Waals surface area contributed by atoms with Crippen molar-refractivity contribution in [3.8, 4) is 0 Å². The van der Waals surface area contributed by atoms with Crippen molar-refractivity contribution in [3.63, 3.8) is 0 Å². The summed E-state index contributed by atoms with van der Waals surface area (Å²) >= 11 is 0. The molecule has 0 saturated carbocycles. The summed E-state index contributed by atoms with van der Waals surface area (Å²) in [5.41, 5.74) is 3.87. The van der Waals surface area contributed by atoms with Crippen molar-refractivity contribution >= 4 is 28.9 Å². The van der Waals surface area contributed by atoms with E-state index >= 15 is 0 Å². The molecular weight excluding hydrogens is 336 g/mol. The van der Waals surface area contributed by atoms with E-state index in [9.17, 15) is 14.4 Å². The first kappa shape index (κ1) is 18.0. The highest BCUT2D eigenvalue weighted by atomic mass is 16.6. The Morgan fingerprint density at radius 3 is 2.85 bits per heavy atom. The molecule has 1 heterocycles. The summed E-state index contributed by atoms with van der Waals surface area (Å²) in [5, 5.41) is 3.00. The number of ether oxygens (including phenoxy) is 2. The van der Waals surface area contributed by atoms with Crippen molar-refractivity contribution in [2.45, 2.75) is 33.1 Å². The lowest BCUT2D eigenvalue weighted by Gasteiger charge is -2.18. The number of aromatic amines is 1. The van der Waals surface area contributed by atoms with Crippen LogP contribution in [0.2, 0.25) is 0 Å². The van der Waals surface area contributed by atoms with Crippen LogP contribution in [-0.4, -0.2) is 36.2 Å². The summed E-state index contributed by atoms with van der Waals surface area (Å²) in [6.07, 6.45) is 2.29. The summed E-state index contributed by atoms with van der Waals surface area (Å²) in [6.45, 7) is 3.46. The van der Waals surface area contributed by atoms with Crippen LogP contribution >= 0.6 is 0 Å². The first-order chi connectivity index (χ1) is 12.5. The topological polar surface area (TPSA) is 97.5 Å². The Kier molecular flexibility index (Phi) is 5.25. The van der Waals surface area contributed by atoms with Gasteiger partial charge in [-0.2, -0.15) is 0 Å². The Labute approximate surface area is 151 Å². The Morgan fingerprint density at radius 2 is 2.08 bits per heavy atom. The molecule has 0 aliphatic heterocycles. The molecule has 0 unspecified atom stereocenters. The fourth-order valence-electron chi connectivity index (χ4n) is 3.25. The maximum Gasteiger partial charge on any atom is 0.413 e. The minimum Gasteiger partial charge on any atom is -0.452 e. The second kappa shape index (κ2) is 7.59. The van der Waals surface area contributed by atoms with Crippen molar-refractivity contribution in [2.75, 3.05) is 13.2 Å². The average molecular weight is 358 g/mol. The maximum absolute atomic E-state index is 12.2. The van der Waals surface area contributed by atoms with Gasteiger partial charge in [-0.1, -0.05) is 6.92 Å². The second-order valence-electron chi connectivity index (χ2n) is 6.54. The number of esters is 1. The van der Waals surface area contributed by atoms with Crippen LogP contribution in [0.4, 0.5) is 4.79 Å². The predicted molar refractivity (Wildman–Crippen MR) is 94.9 cm³/mol. The molecule has 138 valence electrons. The van der Waals surface area contributed by atoms with E-state index in [-0.39, 0.29) is 6.61 Å². The standard InChI is InChI=1S/C19H22N2O5/c1-3-25-19(24)21-17(22)10-26-18(23)12-5-7-16-14(9-12)13-8-11(2)4-6-15(13)20-16/h5,7,9,11,20H,3-4,6,8,10H2,1-2H3,(H,21,22,24)/t11-/m1/s1. The van der Waals surface area contributed by atoms with Gasteiger partial charge >= 0.3 is 12.1 Å². The molecule has 1 aliphatic rings. The van der Waals surface area contributed by atoms with Crippen molar-refractivity contribution < 1.29 is 23.9 Å². The minimum absolute atomic E-state index is 0.151. The quantitative estimate of drug-likeness (QED) is 0.819. The first-order valence-corrected chi connectivity index (χ1v) is 8.75. The van der Waals surface area contributed by atoms with E-state index in [1.807, 2.05) is 11.4 Å². The molecule has 7 heteroatoms. The number of carbonyl (C=O) groups is 3. The molecule has 0 bridgehead atoms. The molecule has 26 heavy (non-hydrogen) atoms. The van der Waals surface area contributed by atoms with E-state index in [0.717, 1.165) is 30.2 Å². The van der Waals surface area contributed by atoms with Gasteiger partial charge in [-0.25, -0.2) is 9.59 Å². The zero-order valence-electron chi connectivity index (χ0n) is 14.9. The van der Waals surface area contributed by atoms with E-state index in [0.29, 0.717) is 11.5 Å². The van der Waals surface area contributed by atoms with Crippen molar-refractivity contribution in [3.05, 3.63) is 35.0 Å². The summed E-state index contributed by atoms with van der Waals surface area (Å²) in [4.78, 5) is 38.4. The normalized spacial score (nSPS) is 16.0. The summed E-state index contributed by atoms with van der Waals surface area (Å²) in [7, 11) is 0. The number of carbonyl (C=O) groups excluding carboxylic acids is 3. The fraction of sp³-hybridized carbons (Fsp3) is 0.421. The fourth-order valence-corrected chi connectivity index (χ4v) is 3.25. The molecular formula is C19H22N2O5. The molecule has 2 aromatic rings. The molecule has 2 N–H and O–H groups in total. The van der Waals surface area contributed by atoms with Gasteiger partial charge in [0, 0.05) is 16.6 Å². The number of rotatable bonds is 4. The molecule has 0 saturated heterocycles. The monoisotopic (exact) mass is 358 g/mol. The third kappa shape index (κ3) is 3.87. The lowest BCUT2D eigenvalue weighted by Crippen LogP contribution is -2.34. The van der Waals surface area contributed by atoms with Crippen LogP contribution in [0, 0.1) is 5.92 Å². The Hall–Kier alpha value is -2.83. The van der Waals surface area contributed by atoms with Crippen molar-refractivity contribution in [2.24, 2.45) is 5.92 Å². The number of aromatic nitrogens is 1. The van der Waals surface area contributed by atoms with Crippen LogP contribution in [-0.2, 0) is 27.1 Å². The number of aryl methyl sites for hydroxylation is 1. The third-order valence-electron chi connectivity index (χ3n) is 4.52. The number of hydrogen-bond donors (Lipinski definition) is 2. The van der Waals surface area contributed by atoms with Gasteiger partial charge in [0.15, 0.2) is 6.61 Å². The molecule has 1 aromatic heterocycles. The highest BCUT2D eigenvalue weighted by Gasteiger charge is 2.21. The zero-order valence-corrected chi connectivity index (χ0v) is 14.9. The second-order valence-corrected chi connectivity index (χ2v) is 6.54. The van der Waals surface area contributed by atoms with Gasteiger partial charge in [0.05, 0.1) is 12.2 Å². The van der Waals surface area contributed by atoms with Crippen LogP contribution in [0.25, 0.3) is 10.9 Å². The van der Waals surface area contributed by atoms with Gasteiger partial charge in [-0.3, -0.25) is 10.1 Å². The van der Waals surface area contributed by atoms with Crippen molar-refractivity contribution in [1.29, 1.82) is 0 Å². The largest absolute Gasteiger partial charge is 0.452 e. The van der Waals surface area contributed by atoms with Crippen LogP contribution in [0.15, 0.2) is 18.2 Å². The molecule has 1 aliphatic carbocycles. The lowest BCUT2D eigenvalue weighted by atomic mass is 9.87. The Bertz CT molecular complexity index is 855. The Morgan fingerprint density at radius 1 is 1.27 bits per heavy atom. The minimum atomic E-state index is -0.858. The number of imide groups is 1. The van der Waals surface area contributed by atoms with E-state index in [1.54, 1.807) is 19.1 Å². The number of benzene rings is 1.